The maximum atomic E-state index is 6.68. The van der Waals surface area contributed by atoms with Gasteiger partial charge in [0.2, 0.25) is 0 Å². The monoisotopic (exact) mass is 781 g/mol. The Balaban J connectivity index is 0.945. The smallest absolute Gasteiger partial charge is 0.159 e. The second-order valence-electron chi connectivity index (χ2n) is 15.9. The number of para-hydroxylation sites is 2. The fourth-order valence-electron chi connectivity index (χ4n) is 9.49. The van der Waals surface area contributed by atoms with Gasteiger partial charge in [-0.2, -0.15) is 0 Å². The van der Waals surface area contributed by atoms with E-state index in [9.17, 15) is 0 Å². The molecule has 9 aromatic carbocycles. The fraction of sp³-hybridized carbons (Fsp3) is 0.0345. The number of benzene rings is 9. The summed E-state index contributed by atoms with van der Waals surface area (Å²) in [6.45, 7) is 0. The van der Waals surface area contributed by atoms with Crippen LogP contribution in [0.2, 0.25) is 0 Å². The molecule has 0 amide bonds. The largest absolute Gasteiger partial charge is 0.455 e. The summed E-state index contributed by atoms with van der Waals surface area (Å²) < 4.78 is 13.2. The summed E-state index contributed by atoms with van der Waals surface area (Å²) in [5.41, 5.74) is 15.4. The van der Waals surface area contributed by atoms with Gasteiger partial charge in [-0.3, -0.25) is 0 Å². The molecule has 1 atom stereocenters. The maximum absolute atomic E-state index is 6.68. The number of fused-ring (bicyclic) bond motifs is 8. The van der Waals surface area contributed by atoms with Crippen LogP contribution in [0.1, 0.15) is 12.0 Å². The van der Waals surface area contributed by atoms with E-state index in [0.717, 1.165) is 78.2 Å². The molecule has 0 saturated heterocycles. The zero-order chi connectivity index (χ0) is 40.3. The molecular formula is C58H39NO2. The molecule has 1 aliphatic rings. The van der Waals surface area contributed by atoms with Gasteiger partial charge in [0.25, 0.3) is 0 Å². The second-order valence-corrected chi connectivity index (χ2v) is 15.9. The second kappa shape index (κ2) is 14.4. The van der Waals surface area contributed by atoms with Crippen molar-refractivity contribution in [2.24, 2.45) is 0 Å². The molecule has 0 saturated carbocycles. The van der Waals surface area contributed by atoms with E-state index in [1.807, 2.05) is 6.07 Å². The predicted octanol–water partition coefficient (Wildman–Crippen LogP) is 16.2. The summed E-state index contributed by atoms with van der Waals surface area (Å²) in [4.78, 5) is 2.45. The van der Waals surface area contributed by atoms with Crippen molar-refractivity contribution in [1.82, 2.24) is 0 Å². The lowest BCUT2D eigenvalue weighted by molar-refractivity contribution is 0.664. The van der Waals surface area contributed by atoms with E-state index in [-0.39, 0.29) is 6.04 Å². The third-order valence-corrected chi connectivity index (χ3v) is 12.4. The highest BCUT2D eigenvalue weighted by molar-refractivity contribution is 6.19. The lowest BCUT2D eigenvalue weighted by atomic mass is 9.89. The van der Waals surface area contributed by atoms with Crippen LogP contribution in [0, 0.1) is 0 Å². The van der Waals surface area contributed by atoms with Crippen LogP contribution < -0.4 is 4.90 Å². The van der Waals surface area contributed by atoms with Crippen LogP contribution in [-0.2, 0) is 0 Å². The van der Waals surface area contributed by atoms with E-state index in [4.69, 9.17) is 8.83 Å². The summed E-state index contributed by atoms with van der Waals surface area (Å²) in [6, 6.07) is 71.4. The Morgan fingerprint density at radius 1 is 0.426 bits per heavy atom. The molecule has 0 bridgehead atoms. The summed E-state index contributed by atoms with van der Waals surface area (Å²) in [5, 5.41) is 6.82. The van der Waals surface area contributed by atoms with E-state index in [1.54, 1.807) is 0 Å². The normalized spacial score (nSPS) is 14.0. The first-order valence-corrected chi connectivity index (χ1v) is 21.0. The summed E-state index contributed by atoms with van der Waals surface area (Å²) in [6.07, 6.45) is 7.88. The molecule has 2 heterocycles. The number of anilines is 2. The molecule has 11 aromatic rings. The molecule has 3 heteroatoms. The average molecular weight is 782 g/mol. The van der Waals surface area contributed by atoms with E-state index in [0.29, 0.717) is 0 Å². The molecule has 12 rings (SSSR count). The molecule has 288 valence electrons. The van der Waals surface area contributed by atoms with E-state index >= 15 is 0 Å². The first-order valence-electron chi connectivity index (χ1n) is 21.0. The van der Waals surface area contributed by atoms with Gasteiger partial charge in [0.05, 0.1) is 11.7 Å². The fourth-order valence-corrected chi connectivity index (χ4v) is 9.49. The highest BCUT2D eigenvalue weighted by Crippen LogP contribution is 2.44. The van der Waals surface area contributed by atoms with Crippen LogP contribution in [0.3, 0.4) is 0 Å². The van der Waals surface area contributed by atoms with Crippen LogP contribution in [0.15, 0.2) is 227 Å². The van der Waals surface area contributed by atoms with E-state index in [1.165, 1.54) is 38.8 Å². The molecule has 0 spiro atoms. The highest BCUT2D eigenvalue weighted by atomic mass is 16.3. The summed E-state index contributed by atoms with van der Waals surface area (Å²) in [7, 11) is 0. The predicted molar refractivity (Wildman–Crippen MR) is 255 cm³/mol. The minimum Gasteiger partial charge on any atom is -0.455 e. The van der Waals surface area contributed by atoms with Crippen molar-refractivity contribution in [2.75, 3.05) is 4.90 Å². The minimum absolute atomic E-state index is 0.0418. The average Bonchev–Trinajstić information content (AvgIpc) is 3.92. The molecule has 1 aliphatic carbocycles. The van der Waals surface area contributed by atoms with Crippen LogP contribution >= 0.6 is 0 Å². The molecule has 0 radical (unpaired) electrons. The number of allylic oxidation sites excluding steroid dienone is 2. The van der Waals surface area contributed by atoms with Crippen LogP contribution in [-0.4, -0.2) is 6.04 Å². The van der Waals surface area contributed by atoms with Crippen molar-refractivity contribution in [1.29, 1.82) is 0 Å². The van der Waals surface area contributed by atoms with E-state index in [2.05, 4.69) is 217 Å². The van der Waals surface area contributed by atoms with Crippen molar-refractivity contribution in [3.8, 4) is 33.4 Å². The van der Waals surface area contributed by atoms with Crippen LogP contribution in [0.4, 0.5) is 11.4 Å². The van der Waals surface area contributed by atoms with Crippen LogP contribution in [0.5, 0.6) is 0 Å². The van der Waals surface area contributed by atoms with Gasteiger partial charge >= 0.3 is 0 Å². The lowest BCUT2D eigenvalue weighted by Crippen LogP contribution is -2.30. The topological polar surface area (TPSA) is 29.5 Å². The maximum Gasteiger partial charge on any atom is 0.159 e. The Labute approximate surface area is 353 Å². The number of rotatable bonds is 7. The third kappa shape index (κ3) is 5.97. The first-order chi connectivity index (χ1) is 30.2. The van der Waals surface area contributed by atoms with Gasteiger partial charge in [0, 0.05) is 32.6 Å². The Kier molecular flexibility index (Phi) is 8.31. The molecule has 1 unspecified atom stereocenters. The van der Waals surface area contributed by atoms with E-state index < -0.39 is 0 Å². The van der Waals surface area contributed by atoms with Gasteiger partial charge < -0.3 is 13.7 Å². The zero-order valence-electron chi connectivity index (χ0n) is 33.3. The van der Waals surface area contributed by atoms with Gasteiger partial charge in [0.15, 0.2) is 5.58 Å². The number of nitrogens with zero attached hydrogens (tertiary/aromatic N) is 1. The molecule has 2 aromatic heterocycles. The third-order valence-electron chi connectivity index (χ3n) is 12.4. The molecule has 3 nitrogen and oxygen atoms in total. The zero-order valence-corrected chi connectivity index (χ0v) is 33.3. The Morgan fingerprint density at radius 2 is 1.08 bits per heavy atom. The number of hydrogen-bond donors (Lipinski definition) is 0. The number of hydrogen-bond acceptors (Lipinski definition) is 3. The SMILES string of the molecule is C1=CC(N(c2ccc(-c3cccc4oc5c6ccccc6ccc5c34)cc2)c2cccc3c2oc2ccccc23)CC=C1c1ccc(-c2ccccc2)c(-c2ccccc2)c1. The Morgan fingerprint density at radius 3 is 1.89 bits per heavy atom. The van der Waals surface area contributed by atoms with Crippen molar-refractivity contribution >= 4 is 71.6 Å². The quantitative estimate of drug-likeness (QED) is 0.161. The van der Waals surface area contributed by atoms with Gasteiger partial charge in [-0.05, 0) is 98.8 Å². The summed E-state index contributed by atoms with van der Waals surface area (Å²) in [5.74, 6) is 0. The Bertz CT molecular complexity index is 3500. The molecule has 0 aliphatic heterocycles. The molecular weight excluding hydrogens is 743 g/mol. The highest BCUT2D eigenvalue weighted by Gasteiger charge is 2.25. The van der Waals surface area contributed by atoms with Gasteiger partial charge in [-0.1, -0.05) is 176 Å². The lowest BCUT2D eigenvalue weighted by Gasteiger charge is -2.33. The minimum atomic E-state index is 0.0418. The van der Waals surface area contributed by atoms with Gasteiger partial charge in [-0.15, -0.1) is 0 Å². The van der Waals surface area contributed by atoms with Crippen molar-refractivity contribution in [3.63, 3.8) is 0 Å². The Hall–Kier alpha value is -7.88. The van der Waals surface area contributed by atoms with Gasteiger partial charge in [-0.25, -0.2) is 0 Å². The molecule has 0 N–H and O–H groups in total. The van der Waals surface area contributed by atoms with Crippen LogP contribution in [0.25, 0.3) is 93.6 Å². The van der Waals surface area contributed by atoms with Gasteiger partial charge in [0.1, 0.15) is 16.7 Å². The van der Waals surface area contributed by atoms with Crippen molar-refractivity contribution in [3.05, 3.63) is 224 Å². The first kappa shape index (κ1) is 35.1. The standard InChI is InChI=1S/C58H39NO2/c1-3-13-39(14-4-1)46-35-30-43(37-52(46)40-15-5-2-6-16-40)38-25-31-44(32-26-38)59(53-22-11-21-50-49-19-9-10-23-54(49)60-58(50)53)45-33-27-42(28-34-45)47-20-12-24-55-56(47)51-36-29-41-17-7-8-18-48(41)57(51)61-55/h1-31,33-37,44H,32H2. The number of furan rings is 2. The molecule has 61 heavy (non-hydrogen) atoms. The summed E-state index contributed by atoms with van der Waals surface area (Å²) >= 11 is 0. The van der Waals surface area contributed by atoms with Crippen molar-refractivity contribution < 1.29 is 8.83 Å². The van der Waals surface area contributed by atoms with Crippen molar-refractivity contribution in [2.45, 2.75) is 12.5 Å². The molecule has 0 fully saturated rings.